The van der Waals surface area contributed by atoms with E-state index in [2.05, 4.69) is 15.2 Å². The van der Waals surface area contributed by atoms with Crippen LogP contribution in [0.1, 0.15) is 65.0 Å². The largest absolute Gasteiger partial charge is 0.478 e. The number of imidazole rings is 1. The van der Waals surface area contributed by atoms with Crippen molar-refractivity contribution in [3.63, 3.8) is 0 Å². The number of hydrogen-bond acceptors (Lipinski definition) is 4. The summed E-state index contributed by atoms with van der Waals surface area (Å²) in [5.74, 6) is -4.00. The van der Waals surface area contributed by atoms with Crippen molar-refractivity contribution < 1.29 is 32.3 Å². The number of carbonyl (C=O) groups is 2. The predicted octanol–water partition coefficient (Wildman–Crippen LogP) is 7.66. The third kappa shape index (κ3) is 4.03. The van der Waals surface area contributed by atoms with E-state index in [0.29, 0.717) is 28.7 Å². The van der Waals surface area contributed by atoms with Crippen LogP contribution in [0.2, 0.25) is 10.0 Å². The lowest BCUT2D eigenvalue weighted by atomic mass is 9.71. The van der Waals surface area contributed by atoms with Crippen LogP contribution in [0.3, 0.4) is 0 Å². The Kier molecular flexibility index (Phi) is 6.61. The topological polar surface area (TPSA) is 87.5 Å². The zero-order chi connectivity index (χ0) is 30.9. The van der Waals surface area contributed by atoms with Gasteiger partial charge >= 0.3 is 12.1 Å². The first-order chi connectivity index (χ1) is 20.9. The van der Waals surface area contributed by atoms with Gasteiger partial charge in [0, 0.05) is 47.2 Å². The molecule has 1 aliphatic carbocycles. The molecule has 2 fully saturated rings. The van der Waals surface area contributed by atoms with Gasteiger partial charge in [0.05, 0.1) is 21.7 Å². The van der Waals surface area contributed by atoms with E-state index in [1.807, 2.05) is 0 Å². The molecule has 1 aromatic heterocycles. The lowest BCUT2D eigenvalue weighted by Crippen LogP contribution is -2.53. The molecule has 8 rings (SSSR count). The number of carboxylic acid groups (broad SMARTS) is 1. The number of nitrogens with zero attached hydrogens (tertiary/aromatic N) is 3. The molecule has 3 aromatic carbocycles. The number of benzene rings is 3. The Balaban J connectivity index is 0.00000325. The van der Waals surface area contributed by atoms with Gasteiger partial charge in [0.25, 0.3) is 0 Å². The van der Waals surface area contributed by atoms with E-state index in [4.69, 9.17) is 23.2 Å². The van der Waals surface area contributed by atoms with E-state index < -0.39 is 58.0 Å². The van der Waals surface area contributed by atoms with Gasteiger partial charge in [0.1, 0.15) is 22.7 Å². The van der Waals surface area contributed by atoms with E-state index in [-0.39, 0.29) is 41.8 Å². The summed E-state index contributed by atoms with van der Waals surface area (Å²) < 4.78 is 60.9. The van der Waals surface area contributed by atoms with Crippen molar-refractivity contribution in [3.8, 4) is 0 Å². The van der Waals surface area contributed by atoms with Crippen molar-refractivity contribution in [2.45, 2.75) is 56.4 Å². The number of amides is 1. The van der Waals surface area contributed by atoms with Crippen molar-refractivity contribution in [1.29, 1.82) is 0 Å². The number of anilines is 1. The maximum atomic E-state index is 16.1. The van der Waals surface area contributed by atoms with Crippen LogP contribution in [-0.2, 0) is 23.1 Å². The van der Waals surface area contributed by atoms with Gasteiger partial charge < -0.3 is 15.0 Å². The van der Waals surface area contributed by atoms with E-state index in [1.54, 1.807) is 34.9 Å². The number of likely N-dealkylation sites (tertiary alicyclic amines) is 1. The molecule has 1 spiro atoms. The second kappa shape index (κ2) is 9.91. The summed E-state index contributed by atoms with van der Waals surface area (Å²) in [6, 6.07) is 11.4. The first kappa shape index (κ1) is 30.0. The van der Waals surface area contributed by atoms with Gasteiger partial charge in [0.15, 0.2) is 0 Å². The molecule has 1 saturated carbocycles. The number of rotatable bonds is 4. The fourth-order valence-electron chi connectivity index (χ4n) is 7.88. The van der Waals surface area contributed by atoms with E-state index in [0.717, 1.165) is 18.9 Å². The summed E-state index contributed by atoms with van der Waals surface area (Å²) >= 11 is 12.6. The number of fused-ring (bicyclic) bond motifs is 7. The Morgan fingerprint density at radius 2 is 1.89 bits per heavy atom. The van der Waals surface area contributed by atoms with Crippen molar-refractivity contribution in [3.05, 3.63) is 92.5 Å². The van der Waals surface area contributed by atoms with Crippen molar-refractivity contribution in [2.24, 2.45) is 5.92 Å². The van der Waals surface area contributed by atoms with Gasteiger partial charge in [-0.3, -0.25) is 9.69 Å². The van der Waals surface area contributed by atoms with Gasteiger partial charge in [-0.05, 0) is 54.7 Å². The smallest absolute Gasteiger partial charge is 0.419 e. The van der Waals surface area contributed by atoms with Crippen LogP contribution in [0.15, 0.2) is 48.5 Å². The molecule has 1 saturated heterocycles. The Bertz CT molecular complexity index is 1940. The number of halogens is 6. The number of nitrogens with one attached hydrogen (secondary N) is 1. The van der Waals surface area contributed by atoms with E-state index in [1.165, 1.54) is 12.1 Å². The first-order valence-electron chi connectivity index (χ1n) is 14.1. The SMILES string of the molecule is C.O=C(O)c1ccc2c(nc3n2C[C@H]2[C@@H]3[C@H](c3cccc(Cl)c3F)[C@]3(C(=O)Nc4cc(Cl)ccc43)N2CC2CC2)c1C(F)(F)F. The molecular formula is C32H26Cl2F4N4O3. The minimum atomic E-state index is -5.00. The van der Waals surface area contributed by atoms with Crippen LogP contribution in [-0.4, -0.2) is 44.0 Å². The lowest BCUT2D eigenvalue weighted by Gasteiger charge is -2.40. The normalized spacial score (nSPS) is 25.3. The van der Waals surface area contributed by atoms with Crippen LogP contribution in [0.25, 0.3) is 11.0 Å². The summed E-state index contributed by atoms with van der Waals surface area (Å²) in [5, 5.41) is 12.8. The average molecular weight is 661 g/mol. The van der Waals surface area contributed by atoms with Crippen LogP contribution >= 0.6 is 23.2 Å². The molecule has 45 heavy (non-hydrogen) atoms. The number of hydrogen-bond donors (Lipinski definition) is 2. The first-order valence-corrected chi connectivity index (χ1v) is 14.8. The van der Waals surface area contributed by atoms with Gasteiger partial charge in [-0.25, -0.2) is 14.2 Å². The molecule has 1 amide bonds. The highest BCUT2D eigenvalue weighted by molar-refractivity contribution is 6.31. The minimum Gasteiger partial charge on any atom is -0.478 e. The van der Waals surface area contributed by atoms with Gasteiger partial charge in [-0.2, -0.15) is 13.2 Å². The maximum absolute atomic E-state index is 16.1. The Morgan fingerprint density at radius 1 is 1.13 bits per heavy atom. The molecule has 3 aliphatic heterocycles. The van der Waals surface area contributed by atoms with Crippen LogP contribution in [0, 0.1) is 11.7 Å². The fourth-order valence-corrected chi connectivity index (χ4v) is 8.23. The molecule has 4 aliphatic rings. The predicted molar refractivity (Wildman–Crippen MR) is 160 cm³/mol. The maximum Gasteiger partial charge on any atom is 0.419 e. The minimum absolute atomic E-state index is 0. The monoisotopic (exact) mass is 660 g/mol. The van der Waals surface area contributed by atoms with Crippen molar-refractivity contribution >= 4 is 51.8 Å². The molecule has 2 N–H and O–H groups in total. The lowest BCUT2D eigenvalue weighted by molar-refractivity contribution is -0.137. The highest BCUT2D eigenvalue weighted by atomic mass is 35.5. The molecule has 13 heteroatoms. The Hall–Kier alpha value is -3.67. The third-order valence-electron chi connectivity index (χ3n) is 9.66. The zero-order valence-electron chi connectivity index (χ0n) is 22.6. The van der Waals surface area contributed by atoms with Crippen molar-refractivity contribution in [1.82, 2.24) is 14.5 Å². The summed E-state index contributed by atoms with van der Waals surface area (Å²) in [6.45, 7) is 0.679. The summed E-state index contributed by atoms with van der Waals surface area (Å²) in [7, 11) is 0. The molecule has 7 nitrogen and oxygen atoms in total. The van der Waals surface area contributed by atoms with Gasteiger partial charge in [0.2, 0.25) is 5.91 Å². The molecule has 0 radical (unpaired) electrons. The highest BCUT2D eigenvalue weighted by Crippen LogP contribution is 2.65. The zero-order valence-corrected chi connectivity index (χ0v) is 24.1. The summed E-state index contributed by atoms with van der Waals surface area (Å²) in [5.41, 5.74) is -2.83. The summed E-state index contributed by atoms with van der Waals surface area (Å²) in [4.78, 5) is 32.8. The quantitative estimate of drug-likeness (QED) is 0.220. The van der Waals surface area contributed by atoms with Crippen molar-refractivity contribution in [2.75, 3.05) is 11.9 Å². The molecule has 4 atom stereocenters. The highest BCUT2D eigenvalue weighted by Gasteiger charge is 2.70. The number of carbonyl (C=O) groups excluding carboxylic acids is 1. The van der Waals surface area contributed by atoms with E-state index in [9.17, 15) is 27.9 Å². The molecule has 4 aromatic rings. The van der Waals surface area contributed by atoms with Crippen LogP contribution in [0.4, 0.5) is 23.2 Å². The van der Waals surface area contributed by atoms with Gasteiger partial charge in [-0.15, -0.1) is 0 Å². The molecule has 0 bridgehead atoms. The van der Waals surface area contributed by atoms with E-state index >= 15 is 4.39 Å². The average Bonchev–Trinajstić information content (AvgIpc) is 3.40. The molecular weight excluding hydrogens is 635 g/mol. The number of aromatic nitrogens is 2. The molecule has 234 valence electrons. The van der Waals surface area contributed by atoms with Crippen LogP contribution < -0.4 is 5.32 Å². The Morgan fingerprint density at radius 3 is 2.58 bits per heavy atom. The Labute approximate surface area is 264 Å². The molecule has 0 unspecified atom stereocenters. The summed E-state index contributed by atoms with van der Waals surface area (Å²) in [6.07, 6.45) is -3.09. The van der Waals surface area contributed by atoms with Crippen LogP contribution in [0.5, 0.6) is 0 Å². The second-order valence-electron chi connectivity index (χ2n) is 12.0. The number of aromatic carboxylic acids is 1. The fraction of sp³-hybridized carbons (Fsp3) is 0.344. The second-order valence-corrected chi connectivity index (χ2v) is 12.8. The third-order valence-corrected chi connectivity index (χ3v) is 10.2. The molecule has 4 heterocycles. The number of alkyl halides is 3. The number of carboxylic acids is 1. The standard InChI is InChI=1S/C31H22Cl2F4N4O3.CH4/c32-14-6-8-17-19(10-14)38-29(44)30(17)23(15-2-1-3-18(33)25(15)34)22-21(41(30)11-13-4-5-13)12-40-20-9-7-16(28(42)43)24(31(35,36)37)26(20)39-27(22)40;/h1-3,6-10,13,21-23H,4-5,11-12H2,(H,38,44)(H,42,43);1H4/t21-,22+,23-,30+;/m0./s1. The van der Waals surface area contributed by atoms with Gasteiger partial charge in [-0.1, -0.05) is 48.8 Å².